The number of carbonyl (C=O) groups is 1. The molecule has 6 nitrogen and oxygen atoms in total. The molecule has 0 radical (unpaired) electrons. The van der Waals surface area contributed by atoms with Crippen molar-refractivity contribution in [2.45, 2.75) is 45.2 Å². The monoisotopic (exact) mass is 280 g/mol. The fourth-order valence-electron chi connectivity index (χ4n) is 0.804. The first-order valence-corrected chi connectivity index (χ1v) is 6.91. The van der Waals surface area contributed by atoms with Crippen LogP contribution >= 0.6 is 0 Å². The number of carbonyl (C=O) groups excluding carboxylic acids is 1. The van der Waals surface area contributed by atoms with Crippen LogP contribution in [0.25, 0.3) is 0 Å². The highest BCUT2D eigenvalue weighted by Gasteiger charge is 2.30. The fraction of sp³-hybridized carbons (Fsp3) is 0.727. The molecule has 0 saturated carbocycles. The van der Waals surface area contributed by atoms with Gasteiger partial charge < -0.3 is 9.84 Å². The second-order valence-electron chi connectivity index (χ2n) is 4.57. The number of aliphatic hydroxyl groups excluding tert-OH is 1. The Balaban J connectivity index is 4.10. The SMILES string of the molecule is CC=CC(=O)OC(O)CCOS(=O)(=O)C(C)(C)C. The van der Waals surface area contributed by atoms with Crippen LogP contribution in [0.15, 0.2) is 12.2 Å². The van der Waals surface area contributed by atoms with Crippen molar-refractivity contribution in [1.29, 1.82) is 0 Å². The second-order valence-corrected chi connectivity index (χ2v) is 6.94. The quantitative estimate of drug-likeness (QED) is 0.337. The zero-order valence-electron chi connectivity index (χ0n) is 11.0. The van der Waals surface area contributed by atoms with Crippen LogP contribution < -0.4 is 0 Å². The summed E-state index contributed by atoms with van der Waals surface area (Å²) in [6.07, 6.45) is 1.12. The number of aliphatic hydroxyl groups is 1. The summed E-state index contributed by atoms with van der Waals surface area (Å²) in [5.41, 5.74) is 0. The number of esters is 1. The Morgan fingerprint density at radius 1 is 1.39 bits per heavy atom. The normalized spacial score (nSPS) is 14.7. The summed E-state index contributed by atoms with van der Waals surface area (Å²) >= 11 is 0. The molecular formula is C11H20O6S. The third kappa shape index (κ3) is 6.13. The lowest BCUT2D eigenvalue weighted by Crippen LogP contribution is -2.31. The molecule has 0 aliphatic carbocycles. The van der Waals surface area contributed by atoms with Gasteiger partial charge in [0.2, 0.25) is 6.29 Å². The maximum atomic E-state index is 11.5. The average Bonchev–Trinajstić information content (AvgIpc) is 2.15. The zero-order chi connectivity index (χ0) is 14.4. The molecule has 18 heavy (non-hydrogen) atoms. The van der Waals surface area contributed by atoms with E-state index in [9.17, 15) is 18.3 Å². The highest BCUT2D eigenvalue weighted by molar-refractivity contribution is 7.88. The summed E-state index contributed by atoms with van der Waals surface area (Å²) in [5, 5.41) is 9.29. The van der Waals surface area contributed by atoms with Gasteiger partial charge in [0.1, 0.15) is 0 Å². The van der Waals surface area contributed by atoms with Gasteiger partial charge in [-0.2, -0.15) is 8.42 Å². The van der Waals surface area contributed by atoms with E-state index in [1.54, 1.807) is 6.92 Å². The fourth-order valence-corrected chi connectivity index (χ4v) is 1.47. The van der Waals surface area contributed by atoms with Crippen LogP contribution in [0.4, 0.5) is 0 Å². The van der Waals surface area contributed by atoms with Gasteiger partial charge >= 0.3 is 5.97 Å². The van der Waals surface area contributed by atoms with Crippen LogP contribution in [-0.4, -0.2) is 37.1 Å². The largest absolute Gasteiger partial charge is 0.433 e. The van der Waals surface area contributed by atoms with Crippen molar-refractivity contribution in [2.75, 3.05) is 6.61 Å². The highest BCUT2D eigenvalue weighted by atomic mass is 32.2. The van der Waals surface area contributed by atoms with Gasteiger partial charge in [0.25, 0.3) is 10.1 Å². The van der Waals surface area contributed by atoms with Gasteiger partial charge in [-0.25, -0.2) is 4.79 Å². The maximum absolute atomic E-state index is 11.5. The third-order valence-corrected chi connectivity index (χ3v) is 3.89. The molecule has 0 rings (SSSR count). The van der Waals surface area contributed by atoms with Crippen LogP contribution in [0.5, 0.6) is 0 Å². The van der Waals surface area contributed by atoms with E-state index in [-0.39, 0.29) is 13.0 Å². The molecule has 0 aromatic rings. The van der Waals surface area contributed by atoms with E-state index in [1.165, 1.54) is 26.8 Å². The Morgan fingerprint density at radius 2 is 1.94 bits per heavy atom. The zero-order valence-corrected chi connectivity index (χ0v) is 11.9. The summed E-state index contributed by atoms with van der Waals surface area (Å²) in [7, 11) is -3.70. The van der Waals surface area contributed by atoms with Gasteiger partial charge in [0, 0.05) is 12.5 Å². The molecule has 0 aliphatic heterocycles. The van der Waals surface area contributed by atoms with E-state index < -0.39 is 27.1 Å². The minimum absolute atomic E-state index is 0.112. The Morgan fingerprint density at radius 3 is 2.39 bits per heavy atom. The van der Waals surface area contributed by atoms with Crippen molar-refractivity contribution in [2.24, 2.45) is 0 Å². The van der Waals surface area contributed by atoms with Gasteiger partial charge in [-0.05, 0) is 27.7 Å². The number of allylic oxidation sites excluding steroid dienone is 1. The first-order valence-electron chi connectivity index (χ1n) is 5.50. The lowest BCUT2D eigenvalue weighted by atomic mass is 10.3. The van der Waals surface area contributed by atoms with Crippen LogP contribution in [0.1, 0.15) is 34.1 Å². The summed E-state index contributed by atoms with van der Waals surface area (Å²) in [6, 6.07) is 0. The maximum Gasteiger partial charge on any atom is 0.332 e. The van der Waals surface area contributed by atoms with Gasteiger partial charge in [-0.1, -0.05) is 6.08 Å². The molecule has 0 aliphatic rings. The van der Waals surface area contributed by atoms with Crippen LogP contribution in [-0.2, 0) is 23.8 Å². The van der Waals surface area contributed by atoms with Gasteiger partial charge in [0.05, 0.1) is 11.4 Å². The van der Waals surface area contributed by atoms with Gasteiger partial charge in [-0.15, -0.1) is 0 Å². The molecule has 0 spiro atoms. The molecule has 0 aromatic heterocycles. The number of ether oxygens (including phenoxy) is 1. The molecule has 0 fully saturated rings. The van der Waals surface area contributed by atoms with Crippen LogP contribution in [0.2, 0.25) is 0 Å². The molecule has 1 unspecified atom stereocenters. The molecule has 0 aromatic carbocycles. The molecule has 7 heteroatoms. The summed E-state index contributed by atoms with van der Waals surface area (Å²) in [5.74, 6) is -0.691. The number of hydrogen-bond acceptors (Lipinski definition) is 6. The van der Waals surface area contributed by atoms with Crippen LogP contribution in [0, 0.1) is 0 Å². The number of rotatable bonds is 6. The van der Waals surface area contributed by atoms with E-state index in [0.717, 1.165) is 6.08 Å². The topological polar surface area (TPSA) is 89.9 Å². The molecule has 1 N–H and O–H groups in total. The molecule has 0 heterocycles. The van der Waals surface area contributed by atoms with Crippen molar-refractivity contribution in [3.63, 3.8) is 0 Å². The summed E-state index contributed by atoms with van der Waals surface area (Å²) < 4.78 is 31.3. The van der Waals surface area contributed by atoms with Crippen molar-refractivity contribution in [1.82, 2.24) is 0 Å². The van der Waals surface area contributed by atoms with Crippen molar-refractivity contribution < 1.29 is 27.2 Å². The van der Waals surface area contributed by atoms with Gasteiger partial charge in [-0.3, -0.25) is 4.18 Å². The minimum atomic E-state index is -3.70. The Kier molecular flexibility index (Phi) is 6.51. The van der Waals surface area contributed by atoms with Crippen molar-refractivity contribution >= 4 is 16.1 Å². The molecule has 0 amide bonds. The van der Waals surface area contributed by atoms with Gasteiger partial charge in [0.15, 0.2) is 0 Å². The van der Waals surface area contributed by atoms with E-state index in [2.05, 4.69) is 4.74 Å². The lowest BCUT2D eigenvalue weighted by Gasteiger charge is -2.19. The number of hydrogen-bond donors (Lipinski definition) is 1. The predicted molar refractivity (Wildman–Crippen MR) is 66.2 cm³/mol. The molecule has 1 atom stereocenters. The predicted octanol–water partition coefficient (Wildman–Crippen LogP) is 0.959. The van der Waals surface area contributed by atoms with Crippen molar-refractivity contribution in [3.05, 3.63) is 12.2 Å². The standard InChI is InChI=1S/C11H20O6S/c1-5-6-9(12)17-10(13)7-8-16-18(14,15)11(2,3)4/h5-6,10,13H,7-8H2,1-4H3. The average molecular weight is 280 g/mol. The Hall–Kier alpha value is -0.920. The first-order chi connectivity index (χ1) is 8.10. The highest BCUT2D eigenvalue weighted by Crippen LogP contribution is 2.17. The van der Waals surface area contributed by atoms with E-state index in [0.29, 0.717) is 0 Å². The Bertz CT molecular complexity index is 390. The first kappa shape index (κ1) is 17.1. The Labute approximate surface area is 108 Å². The molecule has 0 bridgehead atoms. The lowest BCUT2D eigenvalue weighted by molar-refractivity contribution is -0.163. The molecule has 0 saturated heterocycles. The van der Waals surface area contributed by atoms with E-state index in [4.69, 9.17) is 4.18 Å². The summed E-state index contributed by atoms with van der Waals surface area (Å²) in [4.78, 5) is 10.9. The van der Waals surface area contributed by atoms with Crippen LogP contribution in [0.3, 0.4) is 0 Å². The molecule has 106 valence electrons. The van der Waals surface area contributed by atoms with E-state index in [1.807, 2.05) is 0 Å². The smallest absolute Gasteiger partial charge is 0.332 e. The minimum Gasteiger partial charge on any atom is -0.433 e. The van der Waals surface area contributed by atoms with Crippen molar-refractivity contribution in [3.8, 4) is 0 Å². The second kappa shape index (κ2) is 6.86. The molecular weight excluding hydrogens is 260 g/mol. The third-order valence-electron chi connectivity index (χ3n) is 1.91. The summed E-state index contributed by atoms with van der Waals surface area (Å²) in [6.45, 7) is 5.90. The van der Waals surface area contributed by atoms with E-state index >= 15 is 0 Å².